The van der Waals surface area contributed by atoms with Gasteiger partial charge in [-0.3, -0.25) is 4.79 Å². The Labute approximate surface area is 257 Å². The Morgan fingerprint density at radius 1 is 0.977 bits per heavy atom. The Morgan fingerprint density at radius 2 is 1.68 bits per heavy atom. The minimum Gasteiger partial charge on any atom is -0.497 e. The molecule has 0 bridgehead atoms. The van der Waals surface area contributed by atoms with Gasteiger partial charge >= 0.3 is 5.97 Å². The lowest BCUT2D eigenvalue weighted by Gasteiger charge is -2.39. The lowest BCUT2D eigenvalue weighted by atomic mass is 9.91. The molecular formula is C35H37N3O6. The fraction of sp³-hybridized carbons (Fsp3) is 0.257. The van der Waals surface area contributed by atoms with Gasteiger partial charge in [0.1, 0.15) is 23.6 Å². The zero-order chi connectivity index (χ0) is 31.6. The normalized spacial score (nSPS) is 14.2. The van der Waals surface area contributed by atoms with Crippen LogP contribution in [-0.2, 0) is 16.1 Å². The summed E-state index contributed by atoms with van der Waals surface area (Å²) in [6.07, 6.45) is -0.919. The number of ether oxygens (including phenoxy) is 3. The second-order valence-corrected chi connectivity index (χ2v) is 11.2. The van der Waals surface area contributed by atoms with Crippen LogP contribution in [0.5, 0.6) is 11.5 Å². The van der Waals surface area contributed by atoms with E-state index < -0.39 is 17.7 Å². The lowest BCUT2D eigenvalue weighted by molar-refractivity contribution is -0.121. The van der Waals surface area contributed by atoms with Crippen molar-refractivity contribution in [1.29, 1.82) is 0 Å². The second kappa shape index (κ2) is 12.3. The van der Waals surface area contributed by atoms with Gasteiger partial charge in [0.25, 0.3) is 5.91 Å². The number of aliphatic hydroxyl groups is 1. The zero-order valence-corrected chi connectivity index (χ0v) is 25.7. The summed E-state index contributed by atoms with van der Waals surface area (Å²) in [4.78, 5) is 28.0. The van der Waals surface area contributed by atoms with E-state index in [0.717, 1.165) is 27.9 Å². The highest BCUT2D eigenvalue weighted by Crippen LogP contribution is 2.45. The molecule has 1 atom stereocenters. The van der Waals surface area contributed by atoms with Crippen molar-refractivity contribution in [2.75, 3.05) is 36.8 Å². The molecular weight excluding hydrogens is 558 g/mol. The third-order valence-electron chi connectivity index (χ3n) is 7.86. The molecule has 0 saturated heterocycles. The second-order valence-electron chi connectivity index (χ2n) is 11.2. The van der Waals surface area contributed by atoms with Gasteiger partial charge in [-0.2, -0.15) is 0 Å². The van der Waals surface area contributed by atoms with Crippen molar-refractivity contribution in [3.63, 3.8) is 0 Å². The first kappa shape index (κ1) is 30.4. The van der Waals surface area contributed by atoms with Crippen molar-refractivity contribution in [2.24, 2.45) is 0 Å². The predicted molar refractivity (Wildman–Crippen MR) is 171 cm³/mol. The van der Waals surface area contributed by atoms with E-state index in [1.807, 2.05) is 69.3 Å². The smallest absolute Gasteiger partial charge is 0.338 e. The number of rotatable bonds is 9. The minimum absolute atomic E-state index is 0.0990. The molecule has 0 spiro atoms. The maximum Gasteiger partial charge on any atom is 0.338 e. The van der Waals surface area contributed by atoms with Gasteiger partial charge in [-0.05, 0) is 74.4 Å². The Hall–Kier alpha value is -5.02. The molecule has 1 heterocycles. The molecule has 1 unspecified atom stereocenters. The largest absolute Gasteiger partial charge is 0.497 e. The fourth-order valence-electron chi connectivity index (χ4n) is 5.51. The number of carbonyl (C=O) groups is 2. The summed E-state index contributed by atoms with van der Waals surface area (Å²) in [5.74, 6) is 0.534. The first-order chi connectivity index (χ1) is 21.0. The first-order valence-electron chi connectivity index (χ1n) is 14.3. The molecule has 1 aliphatic rings. The lowest BCUT2D eigenvalue weighted by Crippen LogP contribution is -2.52. The monoisotopic (exact) mass is 595 g/mol. The van der Waals surface area contributed by atoms with Crippen molar-refractivity contribution in [1.82, 2.24) is 0 Å². The number of carbonyl (C=O) groups excluding carboxylic acids is 2. The van der Waals surface area contributed by atoms with Crippen LogP contribution in [0.4, 0.5) is 17.1 Å². The Bertz CT molecular complexity index is 1700. The van der Waals surface area contributed by atoms with Crippen LogP contribution in [0.25, 0.3) is 11.1 Å². The molecule has 0 fully saturated rings. The summed E-state index contributed by atoms with van der Waals surface area (Å²) in [7, 11) is 4.85. The number of aliphatic hydroxyl groups excluding tert-OH is 1. The zero-order valence-electron chi connectivity index (χ0n) is 25.7. The highest BCUT2D eigenvalue weighted by molar-refractivity contribution is 6.09. The molecule has 5 rings (SSSR count). The summed E-state index contributed by atoms with van der Waals surface area (Å²) in [6.45, 7) is 5.50. The number of nitrogens with zero attached hydrogens (tertiary/aromatic N) is 1. The van der Waals surface area contributed by atoms with Crippen LogP contribution in [0.3, 0.4) is 0 Å². The van der Waals surface area contributed by atoms with Crippen LogP contribution in [0.15, 0.2) is 78.9 Å². The number of methoxy groups -OCH3 is 2. The molecule has 3 N–H and O–H groups in total. The number of aryl methyl sites for hydroxylation is 1. The quantitative estimate of drug-likeness (QED) is 0.153. The number of anilines is 3. The summed E-state index contributed by atoms with van der Waals surface area (Å²) in [5, 5.41) is 17.3. The third kappa shape index (κ3) is 5.91. The summed E-state index contributed by atoms with van der Waals surface area (Å²) >= 11 is 0. The molecule has 0 aromatic heterocycles. The number of fused-ring (bicyclic) bond motifs is 1. The van der Waals surface area contributed by atoms with Gasteiger partial charge in [-0.1, -0.05) is 30.3 Å². The van der Waals surface area contributed by atoms with Gasteiger partial charge in [-0.15, -0.1) is 0 Å². The molecule has 44 heavy (non-hydrogen) atoms. The van der Waals surface area contributed by atoms with E-state index in [4.69, 9.17) is 14.2 Å². The van der Waals surface area contributed by atoms with Gasteiger partial charge in [0.05, 0.1) is 31.2 Å². The Kier molecular flexibility index (Phi) is 8.51. The van der Waals surface area contributed by atoms with Crippen molar-refractivity contribution in [3.8, 4) is 22.6 Å². The van der Waals surface area contributed by atoms with Crippen LogP contribution in [0, 0.1) is 6.92 Å². The van der Waals surface area contributed by atoms with Crippen LogP contribution in [-0.4, -0.2) is 43.8 Å². The van der Waals surface area contributed by atoms with Gasteiger partial charge in [-0.25, -0.2) is 4.79 Å². The van der Waals surface area contributed by atoms with Gasteiger partial charge in [0.15, 0.2) is 6.23 Å². The van der Waals surface area contributed by atoms with E-state index >= 15 is 0 Å². The van der Waals surface area contributed by atoms with E-state index in [2.05, 4.69) is 10.6 Å². The summed E-state index contributed by atoms with van der Waals surface area (Å²) < 4.78 is 16.8. The molecule has 0 radical (unpaired) electrons. The van der Waals surface area contributed by atoms with Crippen molar-refractivity contribution < 1.29 is 28.9 Å². The number of nitrogens with one attached hydrogen (secondary N) is 2. The fourth-order valence-corrected chi connectivity index (χ4v) is 5.51. The predicted octanol–water partition coefficient (Wildman–Crippen LogP) is 6.31. The maximum absolute atomic E-state index is 13.3. The molecule has 9 nitrogen and oxygen atoms in total. The van der Waals surface area contributed by atoms with E-state index in [-0.39, 0.29) is 12.5 Å². The molecule has 4 aromatic carbocycles. The molecule has 228 valence electrons. The number of likely N-dealkylation sites (N-methyl/N-ethyl adjacent to an activating group) is 1. The summed E-state index contributed by atoms with van der Waals surface area (Å²) in [5.41, 5.74) is 5.42. The van der Waals surface area contributed by atoms with Crippen molar-refractivity contribution >= 4 is 28.9 Å². The SMILES string of the molecule is COc1ccc(C(=O)OCc2c(-c3ccc(NC(O)c4ccccc4C)cc3OC)ccc3c2N(C)C(=O)C(C)(C)N3)cc1. The highest BCUT2D eigenvalue weighted by atomic mass is 16.5. The average Bonchev–Trinajstić information content (AvgIpc) is 3.02. The van der Waals surface area contributed by atoms with Gasteiger partial charge in [0, 0.05) is 35.5 Å². The first-order valence-corrected chi connectivity index (χ1v) is 14.3. The van der Waals surface area contributed by atoms with Crippen molar-refractivity contribution in [3.05, 3.63) is 101 Å². The van der Waals surface area contributed by atoms with E-state index in [1.54, 1.807) is 56.5 Å². The van der Waals surface area contributed by atoms with Crippen molar-refractivity contribution in [2.45, 2.75) is 39.1 Å². The summed E-state index contributed by atoms with van der Waals surface area (Å²) in [6, 6.07) is 23.7. The molecule has 9 heteroatoms. The topological polar surface area (TPSA) is 109 Å². The number of benzene rings is 4. The number of hydrogen-bond acceptors (Lipinski definition) is 8. The van der Waals surface area contributed by atoms with Gasteiger partial charge < -0.3 is 34.9 Å². The standard InChI is InChI=1S/C35H37N3O6/c1-21-9-7-8-10-25(21)32(39)36-23-13-16-27(30(19-23)43-6)26-17-18-29-31(38(4)34(41)35(2,3)37-29)28(26)20-44-33(40)22-11-14-24(42-5)15-12-22/h7-19,32,36-37,39H,20H2,1-6H3. The van der Waals surface area contributed by atoms with E-state index in [1.165, 1.54) is 0 Å². The molecule has 1 aliphatic heterocycles. The van der Waals surface area contributed by atoms with Crippen LogP contribution in [0.1, 0.15) is 47.1 Å². The van der Waals surface area contributed by atoms with E-state index in [0.29, 0.717) is 34.0 Å². The number of hydrogen-bond donors (Lipinski definition) is 3. The van der Waals surface area contributed by atoms with E-state index in [9.17, 15) is 14.7 Å². The van der Waals surface area contributed by atoms with Crippen LogP contribution >= 0.6 is 0 Å². The number of esters is 1. The number of amides is 1. The molecule has 0 aliphatic carbocycles. The Morgan fingerprint density at radius 3 is 2.36 bits per heavy atom. The average molecular weight is 596 g/mol. The van der Waals surface area contributed by atoms with Crippen LogP contribution in [0.2, 0.25) is 0 Å². The molecule has 4 aromatic rings. The Balaban J connectivity index is 1.53. The van der Waals surface area contributed by atoms with Gasteiger partial charge in [0.2, 0.25) is 0 Å². The minimum atomic E-state index is -0.919. The third-order valence-corrected chi connectivity index (χ3v) is 7.86. The maximum atomic E-state index is 13.3. The highest BCUT2D eigenvalue weighted by Gasteiger charge is 2.39. The van der Waals surface area contributed by atoms with Crippen LogP contribution < -0.4 is 25.0 Å². The molecule has 0 saturated carbocycles. The molecule has 1 amide bonds.